The highest BCUT2D eigenvalue weighted by Gasteiger charge is 2.49. The number of nitriles is 1. The van der Waals surface area contributed by atoms with Gasteiger partial charge in [0.2, 0.25) is 5.88 Å². The van der Waals surface area contributed by atoms with Gasteiger partial charge in [0, 0.05) is 47.9 Å². The van der Waals surface area contributed by atoms with E-state index in [2.05, 4.69) is 19.4 Å². The van der Waals surface area contributed by atoms with Gasteiger partial charge in [0.05, 0.1) is 46.8 Å². The predicted molar refractivity (Wildman–Crippen MR) is 158 cm³/mol. The molecule has 2 aliphatic rings. The molecule has 4 heterocycles. The Balaban J connectivity index is 1.06. The molecular weight excluding hydrogens is 569 g/mol. The first-order valence-electron chi connectivity index (χ1n) is 13.9. The quantitative estimate of drug-likeness (QED) is 0.259. The number of halogens is 1. The van der Waals surface area contributed by atoms with Crippen molar-refractivity contribution in [1.29, 1.82) is 5.26 Å². The Morgan fingerprint density at radius 1 is 1.12 bits per heavy atom. The molecule has 2 fully saturated rings. The van der Waals surface area contributed by atoms with Crippen molar-refractivity contribution in [3.05, 3.63) is 99.5 Å². The van der Waals surface area contributed by atoms with Gasteiger partial charge in [-0.2, -0.15) is 10.2 Å². The molecule has 43 heavy (non-hydrogen) atoms. The van der Waals surface area contributed by atoms with Crippen molar-refractivity contribution in [2.24, 2.45) is 0 Å². The molecule has 2 atom stereocenters. The summed E-state index contributed by atoms with van der Waals surface area (Å²) in [6.07, 6.45) is 2.84. The number of fused-ring (bicyclic) bond motifs is 2. The van der Waals surface area contributed by atoms with E-state index in [0.29, 0.717) is 36.6 Å². The largest absolute Gasteiger partial charge is 0.478 e. The highest BCUT2D eigenvalue weighted by Crippen LogP contribution is 2.40. The molecule has 0 amide bonds. The summed E-state index contributed by atoms with van der Waals surface area (Å²) in [7, 11) is 0. The van der Waals surface area contributed by atoms with Crippen molar-refractivity contribution in [1.82, 2.24) is 24.4 Å². The van der Waals surface area contributed by atoms with Gasteiger partial charge in [0.25, 0.3) is 0 Å². The van der Waals surface area contributed by atoms with Crippen molar-refractivity contribution in [2.75, 3.05) is 18.0 Å². The van der Waals surface area contributed by atoms with Crippen LogP contribution in [0.25, 0.3) is 11.0 Å². The van der Waals surface area contributed by atoms with E-state index in [1.807, 2.05) is 24.4 Å². The third kappa shape index (κ3) is 5.40. The maximum atomic E-state index is 14.3. The second-order valence-corrected chi connectivity index (χ2v) is 11.6. The number of ether oxygens (including phenoxy) is 1. The van der Waals surface area contributed by atoms with Crippen LogP contribution in [0, 0.1) is 17.1 Å². The van der Waals surface area contributed by atoms with Crippen LogP contribution in [0.15, 0.2) is 66.3 Å². The number of carbonyl (C=O) groups is 1. The van der Waals surface area contributed by atoms with Gasteiger partial charge < -0.3 is 19.3 Å². The maximum absolute atomic E-state index is 14.3. The molecule has 0 radical (unpaired) electrons. The Bertz CT molecular complexity index is 1870. The number of piperazine rings is 1. The Morgan fingerprint density at radius 3 is 2.81 bits per heavy atom. The lowest BCUT2D eigenvalue weighted by Gasteiger charge is -2.34. The summed E-state index contributed by atoms with van der Waals surface area (Å²) >= 11 is 1.56. The van der Waals surface area contributed by atoms with E-state index in [1.165, 1.54) is 6.07 Å². The van der Waals surface area contributed by atoms with Crippen LogP contribution in [-0.4, -0.2) is 60.7 Å². The minimum Gasteiger partial charge on any atom is -0.478 e. The number of imidazole rings is 1. The van der Waals surface area contributed by atoms with Crippen molar-refractivity contribution in [3.8, 4) is 11.9 Å². The highest BCUT2D eigenvalue weighted by atomic mass is 32.1. The number of pyridine rings is 1. The number of hydrogen-bond acceptors (Lipinski definition) is 9. The Kier molecular flexibility index (Phi) is 6.96. The Labute approximate surface area is 250 Å². The molecule has 0 unspecified atom stereocenters. The van der Waals surface area contributed by atoms with Crippen LogP contribution in [-0.2, 0) is 19.7 Å². The number of carboxylic acids is 1. The summed E-state index contributed by atoms with van der Waals surface area (Å²) in [6.45, 7) is 2.84. The SMILES string of the molecule is N#Cc1ccc(COc2cccc(N3CCN(Cc4nc5ccc(C(=O)O)cc5n4Cc4cncs4)[C@H]4C[C@H]43)n2)c(F)c1. The van der Waals surface area contributed by atoms with Crippen LogP contribution in [0.4, 0.5) is 10.2 Å². The van der Waals surface area contributed by atoms with Gasteiger partial charge in [0.15, 0.2) is 0 Å². The number of nitrogens with zero attached hydrogens (tertiary/aromatic N) is 7. The highest BCUT2D eigenvalue weighted by molar-refractivity contribution is 7.09. The molecule has 1 aliphatic heterocycles. The number of thiazole rings is 1. The molecule has 7 rings (SSSR count). The fourth-order valence-corrected chi connectivity index (χ4v) is 6.32. The van der Waals surface area contributed by atoms with Gasteiger partial charge in [-0.05, 0) is 42.8 Å². The normalized spacial score (nSPS) is 17.9. The molecule has 12 heteroatoms. The van der Waals surface area contributed by atoms with Crippen LogP contribution in [0.1, 0.15) is 38.6 Å². The standard InChI is InChI=1S/C31H26FN7O3S/c32-23-10-19(13-33)4-5-21(23)17-42-30-3-1-2-28(36-30)38-9-8-37(26-12-27(26)38)16-29-35-24-7-6-20(31(40)41)11-25(24)39(29)15-22-14-34-18-43-22/h1-7,10-11,14,18,26-27H,8-9,12,15-17H2,(H,40,41)/t26-,27+/m0/s1. The first-order chi connectivity index (χ1) is 21.0. The third-order valence-electron chi connectivity index (χ3n) is 8.00. The summed E-state index contributed by atoms with van der Waals surface area (Å²) < 4.78 is 22.2. The van der Waals surface area contributed by atoms with Crippen LogP contribution in [0.5, 0.6) is 5.88 Å². The molecular formula is C31H26FN7O3S. The molecule has 1 saturated carbocycles. The lowest BCUT2D eigenvalue weighted by atomic mass is 10.1. The minimum atomic E-state index is -0.963. The van der Waals surface area contributed by atoms with Gasteiger partial charge >= 0.3 is 5.97 Å². The number of benzene rings is 2. The van der Waals surface area contributed by atoms with Crippen molar-refractivity contribution in [2.45, 2.75) is 38.2 Å². The topological polar surface area (TPSA) is 120 Å². The predicted octanol–water partition coefficient (Wildman–Crippen LogP) is 4.69. The number of aromatic carboxylic acids is 1. The van der Waals surface area contributed by atoms with E-state index in [4.69, 9.17) is 20.0 Å². The van der Waals surface area contributed by atoms with Crippen LogP contribution < -0.4 is 9.64 Å². The first-order valence-corrected chi connectivity index (χ1v) is 14.7. The molecule has 0 bridgehead atoms. The molecule has 216 valence electrons. The third-order valence-corrected chi connectivity index (χ3v) is 8.76. The monoisotopic (exact) mass is 595 g/mol. The van der Waals surface area contributed by atoms with Crippen LogP contribution >= 0.6 is 11.3 Å². The van der Waals surface area contributed by atoms with E-state index in [0.717, 1.165) is 47.1 Å². The zero-order valence-electron chi connectivity index (χ0n) is 22.9. The fraction of sp³-hybridized carbons (Fsp3) is 0.258. The van der Waals surface area contributed by atoms with Crippen molar-refractivity contribution < 1.29 is 19.0 Å². The van der Waals surface area contributed by atoms with Gasteiger partial charge in [-0.3, -0.25) is 9.88 Å². The minimum absolute atomic E-state index is 0.0182. The lowest BCUT2D eigenvalue weighted by Crippen LogP contribution is -2.46. The van der Waals surface area contributed by atoms with E-state index in [1.54, 1.807) is 53.2 Å². The van der Waals surface area contributed by atoms with Gasteiger partial charge in [-0.25, -0.2) is 14.2 Å². The van der Waals surface area contributed by atoms with Crippen molar-refractivity contribution >= 4 is 34.2 Å². The van der Waals surface area contributed by atoms with E-state index < -0.39 is 11.8 Å². The Morgan fingerprint density at radius 2 is 2.02 bits per heavy atom. The van der Waals surface area contributed by atoms with E-state index in [9.17, 15) is 14.3 Å². The average molecular weight is 596 g/mol. The number of hydrogen-bond donors (Lipinski definition) is 1. The zero-order valence-corrected chi connectivity index (χ0v) is 23.7. The number of anilines is 1. The van der Waals surface area contributed by atoms with E-state index >= 15 is 0 Å². The second kappa shape index (κ2) is 11.1. The molecule has 1 aliphatic carbocycles. The molecule has 0 spiro atoms. The van der Waals surface area contributed by atoms with E-state index in [-0.39, 0.29) is 17.7 Å². The maximum Gasteiger partial charge on any atom is 0.335 e. The summed E-state index contributed by atoms with van der Waals surface area (Å²) in [6, 6.07) is 17.6. The second-order valence-electron chi connectivity index (χ2n) is 10.7. The van der Waals surface area contributed by atoms with Crippen molar-refractivity contribution in [3.63, 3.8) is 0 Å². The summed E-state index contributed by atoms with van der Waals surface area (Å²) in [5, 5.41) is 18.5. The number of carboxylic acid groups (broad SMARTS) is 1. The molecule has 10 nitrogen and oxygen atoms in total. The van der Waals surface area contributed by atoms with Gasteiger partial charge in [-0.15, -0.1) is 11.3 Å². The molecule has 1 saturated heterocycles. The smallest absolute Gasteiger partial charge is 0.335 e. The number of aromatic nitrogens is 4. The fourth-order valence-electron chi connectivity index (χ4n) is 5.74. The Hall–Kier alpha value is -4.86. The molecule has 3 aromatic heterocycles. The zero-order chi connectivity index (χ0) is 29.5. The summed E-state index contributed by atoms with van der Waals surface area (Å²) in [4.78, 5) is 31.3. The molecule has 2 aromatic carbocycles. The average Bonchev–Trinajstić information content (AvgIpc) is 3.53. The molecule has 1 N–H and O–H groups in total. The summed E-state index contributed by atoms with van der Waals surface area (Å²) in [5.74, 6) is 0.695. The first kappa shape index (κ1) is 27.0. The number of rotatable bonds is 9. The van der Waals surface area contributed by atoms with Crippen LogP contribution in [0.3, 0.4) is 0 Å². The van der Waals surface area contributed by atoms with Crippen LogP contribution in [0.2, 0.25) is 0 Å². The van der Waals surface area contributed by atoms with Gasteiger partial charge in [-0.1, -0.05) is 12.1 Å². The lowest BCUT2D eigenvalue weighted by molar-refractivity contribution is 0.0697. The van der Waals surface area contributed by atoms with Gasteiger partial charge in [0.1, 0.15) is 24.1 Å². The summed E-state index contributed by atoms with van der Waals surface area (Å²) in [5.41, 5.74) is 4.24. The molecule has 5 aromatic rings.